The second-order valence-corrected chi connectivity index (χ2v) is 6.65. The molecular weight excluding hydrogens is 381 g/mol. The first kappa shape index (κ1) is 22.8. The first-order valence-corrected chi connectivity index (χ1v) is 8.80. The van der Waals surface area contributed by atoms with Crippen LogP contribution in [-0.2, 0) is 24.3 Å². The summed E-state index contributed by atoms with van der Waals surface area (Å²) in [5.74, 6) is -0.994. The van der Waals surface area contributed by atoms with Crippen LogP contribution in [0.2, 0.25) is 0 Å². The Labute approximate surface area is 172 Å². The van der Waals surface area contributed by atoms with E-state index in [-0.39, 0.29) is 60.8 Å². The fourth-order valence-corrected chi connectivity index (χ4v) is 3.16. The molecule has 2 aliphatic heterocycles. The minimum Gasteiger partial charge on any atom is -0.724 e. The van der Waals surface area contributed by atoms with E-state index in [9.17, 15) is 27.4 Å². The van der Waals surface area contributed by atoms with Gasteiger partial charge in [0.25, 0.3) is 0 Å². The zero-order valence-corrected chi connectivity index (χ0v) is 17.2. The van der Waals surface area contributed by atoms with Crippen molar-refractivity contribution in [3.63, 3.8) is 0 Å². The summed E-state index contributed by atoms with van der Waals surface area (Å²) in [6.45, 7) is 1.52. The number of carbonyl (C=O) groups is 3. The van der Waals surface area contributed by atoms with Gasteiger partial charge in [0.15, 0.2) is 0 Å². The van der Waals surface area contributed by atoms with Crippen molar-refractivity contribution in [1.82, 2.24) is 20.6 Å². The molecule has 0 saturated carbocycles. The average Bonchev–Trinajstić information content (AvgIpc) is 2.70. The maximum Gasteiger partial charge on any atom is 1.00 e. The first-order valence-electron chi connectivity index (χ1n) is 7.46. The number of piperidine rings is 1. The molecule has 2 fully saturated rings. The second-order valence-electron chi connectivity index (χ2n) is 5.69. The molecule has 4 amide bonds. The number of carbonyl (C=O) groups excluding carboxylic acids is 3. The van der Waals surface area contributed by atoms with Gasteiger partial charge < -0.3 is 20.1 Å². The predicted molar refractivity (Wildman–Crippen MR) is 80.7 cm³/mol. The normalized spacial score (nSPS) is 21.8. The molecule has 0 aromatic carbocycles. The van der Waals surface area contributed by atoms with Crippen molar-refractivity contribution in [2.45, 2.75) is 38.3 Å². The molecule has 0 aromatic rings. The van der Waals surface area contributed by atoms with E-state index in [1.807, 2.05) is 0 Å². The topological polar surface area (TPSA) is 172 Å². The molecular formula is C12H18N5NaO7S. The van der Waals surface area contributed by atoms with Gasteiger partial charge in [-0.2, -0.15) is 9.35 Å². The van der Waals surface area contributed by atoms with Crippen LogP contribution < -0.4 is 40.2 Å². The van der Waals surface area contributed by atoms with Gasteiger partial charge in [-0.1, -0.05) is 0 Å². The summed E-state index contributed by atoms with van der Waals surface area (Å²) in [6, 6.07) is -2.20. The van der Waals surface area contributed by atoms with Gasteiger partial charge >= 0.3 is 35.6 Å². The molecule has 2 bridgehead atoms. The minimum absolute atomic E-state index is 0. The van der Waals surface area contributed by atoms with Crippen molar-refractivity contribution in [2.75, 3.05) is 13.1 Å². The summed E-state index contributed by atoms with van der Waals surface area (Å²) >= 11 is 0. The van der Waals surface area contributed by atoms with Gasteiger partial charge in [0.1, 0.15) is 5.84 Å². The number of hydroxylamine groups is 2. The van der Waals surface area contributed by atoms with Crippen molar-refractivity contribution in [3.8, 4) is 0 Å². The molecule has 140 valence electrons. The molecule has 2 rings (SSSR count). The van der Waals surface area contributed by atoms with Gasteiger partial charge in [-0.25, -0.2) is 13.2 Å². The number of hydrogen-bond donors (Lipinski definition) is 3. The van der Waals surface area contributed by atoms with E-state index in [4.69, 9.17) is 5.41 Å². The Balaban J connectivity index is 0.00000338. The number of amides is 4. The van der Waals surface area contributed by atoms with Crippen molar-refractivity contribution < 1.29 is 61.2 Å². The van der Waals surface area contributed by atoms with E-state index in [0.717, 1.165) is 0 Å². The molecule has 3 N–H and O–H groups in total. The fourth-order valence-electron chi connectivity index (χ4n) is 2.78. The standard InChI is InChI=1S/C12H19N5O7S.Na/c1-7(18)14-5-4-10(19)15-11(13)9-3-2-8-6-16(9)12(20)17(8)24-25(21,22)23;/h8-9H,2-6H2,1H3,(H,14,18)(H2,13,15,19)(H,21,22,23);/q;+1/p-1/t8-,9+;/m1./s1. The van der Waals surface area contributed by atoms with Crippen molar-refractivity contribution in [2.24, 2.45) is 0 Å². The first-order chi connectivity index (χ1) is 11.6. The Bertz CT molecular complexity index is 700. The van der Waals surface area contributed by atoms with Gasteiger partial charge in [0.2, 0.25) is 22.2 Å². The van der Waals surface area contributed by atoms with Gasteiger partial charge in [0, 0.05) is 26.4 Å². The summed E-state index contributed by atoms with van der Waals surface area (Å²) in [6.07, 6.45) is 0.585. The van der Waals surface area contributed by atoms with Gasteiger partial charge in [-0.05, 0) is 12.8 Å². The number of hydrogen-bond acceptors (Lipinski definition) is 8. The smallest absolute Gasteiger partial charge is 0.724 e. The molecule has 12 nitrogen and oxygen atoms in total. The molecule has 2 aliphatic rings. The molecule has 2 heterocycles. The number of amidine groups is 1. The number of nitrogens with one attached hydrogen (secondary N) is 3. The SMILES string of the molecule is CC(=O)NCCC(=O)NC(=N)[C@@H]1CC[C@@H]2CN1C(=O)N2OS(=O)(=O)[O-].[Na+]. The summed E-state index contributed by atoms with van der Waals surface area (Å²) in [5.41, 5.74) is 0. The molecule has 0 radical (unpaired) electrons. The van der Waals surface area contributed by atoms with Crippen molar-refractivity contribution in [3.05, 3.63) is 0 Å². The van der Waals surface area contributed by atoms with Crippen LogP contribution in [0.1, 0.15) is 26.2 Å². The number of nitrogens with zero attached hydrogens (tertiary/aromatic N) is 2. The third-order valence-corrected chi connectivity index (χ3v) is 4.17. The Hall–Kier alpha value is -1.25. The summed E-state index contributed by atoms with van der Waals surface area (Å²) in [4.78, 5) is 35.8. The quantitative estimate of drug-likeness (QED) is 0.132. The number of fused-ring (bicyclic) bond motifs is 2. The molecule has 0 spiro atoms. The van der Waals surface area contributed by atoms with E-state index < -0.39 is 34.4 Å². The van der Waals surface area contributed by atoms with E-state index in [1.165, 1.54) is 11.8 Å². The Morgan fingerprint density at radius 1 is 1.38 bits per heavy atom. The zero-order chi connectivity index (χ0) is 18.8. The van der Waals surface area contributed by atoms with E-state index in [0.29, 0.717) is 17.9 Å². The molecule has 14 heteroatoms. The van der Waals surface area contributed by atoms with Crippen LogP contribution in [-0.4, -0.2) is 71.8 Å². The van der Waals surface area contributed by atoms with Crippen molar-refractivity contribution in [1.29, 1.82) is 5.41 Å². The largest absolute Gasteiger partial charge is 1.00 e. The third kappa shape index (κ3) is 5.89. The van der Waals surface area contributed by atoms with Crippen LogP contribution in [0.25, 0.3) is 0 Å². The molecule has 2 atom stereocenters. The Morgan fingerprint density at radius 2 is 2.04 bits per heavy atom. The molecule has 0 aliphatic carbocycles. The van der Waals surface area contributed by atoms with Gasteiger partial charge in [-0.15, -0.1) is 0 Å². The Morgan fingerprint density at radius 3 is 2.62 bits per heavy atom. The monoisotopic (exact) mass is 399 g/mol. The maximum atomic E-state index is 12.2. The van der Waals surface area contributed by atoms with Crippen LogP contribution in [0.3, 0.4) is 0 Å². The Kier molecular flexibility index (Phi) is 7.98. The van der Waals surface area contributed by atoms with E-state index in [1.54, 1.807) is 0 Å². The molecule has 26 heavy (non-hydrogen) atoms. The molecule has 0 aromatic heterocycles. The molecule has 2 saturated heterocycles. The maximum absolute atomic E-state index is 12.2. The summed E-state index contributed by atoms with van der Waals surface area (Å²) < 4.78 is 36.3. The van der Waals surface area contributed by atoms with Crippen LogP contribution >= 0.6 is 0 Å². The minimum atomic E-state index is -5.08. The summed E-state index contributed by atoms with van der Waals surface area (Å²) in [7, 11) is -5.08. The summed E-state index contributed by atoms with van der Waals surface area (Å²) in [5, 5.41) is 13.3. The van der Waals surface area contributed by atoms with Crippen molar-refractivity contribution >= 4 is 34.1 Å². The molecule has 0 unspecified atom stereocenters. The van der Waals surface area contributed by atoms with Gasteiger partial charge in [-0.3, -0.25) is 15.0 Å². The predicted octanol–water partition coefficient (Wildman–Crippen LogP) is -4.73. The second kappa shape index (κ2) is 9.10. The van der Waals surface area contributed by atoms with E-state index >= 15 is 0 Å². The van der Waals surface area contributed by atoms with E-state index in [2.05, 4.69) is 14.9 Å². The van der Waals surface area contributed by atoms with Crippen LogP contribution in [0.4, 0.5) is 4.79 Å². The van der Waals surface area contributed by atoms with Crippen LogP contribution in [0.15, 0.2) is 0 Å². The fraction of sp³-hybridized carbons (Fsp3) is 0.667. The average molecular weight is 399 g/mol. The van der Waals surface area contributed by atoms with Crippen LogP contribution in [0.5, 0.6) is 0 Å². The number of urea groups is 1. The third-order valence-electron chi connectivity index (χ3n) is 3.83. The van der Waals surface area contributed by atoms with Crippen LogP contribution in [0, 0.1) is 5.41 Å². The van der Waals surface area contributed by atoms with Gasteiger partial charge in [0.05, 0.1) is 12.1 Å². The zero-order valence-electron chi connectivity index (χ0n) is 14.4. The number of rotatable bonds is 6.